The van der Waals surface area contributed by atoms with E-state index < -0.39 is 0 Å². The van der Waals surface area contributed by atoms with Gasteiger partial charge in [0.1, 0.15) is 0 Å². The Hall–Kier alpha value is -2.04. The van der Waals surface area contributed by atoms with Gasteiger partial charge in [-0.3, -0.25) is 4.68 Å². The molecule has 0 aliphatic rings. The number of ether oxygens (including phenoxy) is 1. The lowest BCUT2D eigenvalue weighted by Gasteiger charge is -2.07. The second-order valence-electron chi connectivity index (χ2n) is 3.43. The van der Waals surface area contributed by atoms with Crippen LogP contribution in [0.1, 0.15) is 5.56 Å². The van der Waals surface area contributed by atoms with Crippen molar-refractivity contribution in [3.8, 4) is 5.88 Å². The minimum atomic E-state index is 0.652. The van der Waals surface area contributed by atoms with Gasteiger partial charge in [-0.15, -0.1) is 0 Å². The average Bonchev–Trinajstić information content (AvgIpc) is 2.73. The van der Waals surface area contributed by atoms with Crippen molar-refractivity contribution in [1.29, 1.82) is 0 Å². The highest BCUT2D eigenvalue weighted by Crippen LogP contribution is 2.15. The molecule has 0 saturated heterocycles. The van der Waals surface area contributed by atoms with Crippen LogP contribution < -0.4 is 10.1 Å². The lowest BCUT2D eigenvalue weighted by molar-refractivity contribution is 0.393. The molecule has 2 aromatic heterocycles. The maximum absolute atomic E-state index is 5.17. The molecule has 0 amide bonds. The highest BCUT2D eigenvalue weighted by Gasteiger charge is 2.03. The number of anilines is 1. The van der Waals surface area contributed by atoms with Crippen LogP contribution >= 0.6 is 0 Å². The summed E-state index contributed by atoms with van der Waals surface area (Å²) in [6, 6.07) is 3.87. The van der Waals surface area contributed by atoms with E-state index >= 15 is 0 Å². The first-order valence-electron chi connectivity index (χ1n) is 5.00. The minimum absolute atomic E-state index is 0.652. The van der Waals surface area contributed by atoms with Crippen molar-refractivity contribution >= 4 is 5.69 Å². The summed E-state index contributed by atoms with van der Waals surface area (Å²) in [4.78, 5) is 4.13. The lowest BCUT2D eigenvalue weighted by Crippen LogP contribution is -2.02. The summed E-state index contributed by atoms with van der Waals surface area (Å²) < 4.78 is 6.92. The molecule has 16 heavy (non-hydrogen) atoms. The summed E-state index contributed by atoms with van der Waals surface area (Å²) in [6.45, 7) is 0.669. The minimum Gasteiger partial charge on any atom is -0.481 e. The molecule has 0 aliphatic carbocycles. The SMILES string of the molecule is COc1ncccc1CNc1cnn(C)c1. The van der Waals surface area contributed by atoms with Gasteiger partial charge in [0.2, 0.25) is 5.88 Å². The predicted molar refractivity (Wildman–Crippen MR) is 61.3 cm³/mol. The Bertz CT molecular complexity index is 467. The van der Waals surface area contributed by atoms with Crippen molar-refractivity contribution in [2.24, 2.45) is 7.05 Å². The van der Waals surface area contributed by atoms with Crippen molar-refractivity contribution in [2.45, 2.75) is 6.54 Å². The molecule has 0 radical (unpaired) electrons. The van der Waals surface area contributed by atoms with Crippen molar-refractivity contribution in [1.82, 2.24) is 14.8 Å². The molecule has 0 bridgehead atoms. The van der Waals surface area contributed by atoms with Gasteiger partial charge < -0.3 is 10.1 Å². The fourth-order valence-corrected chi connectivity index (χ4v) is 1.45. The third-order valence-corrected chi connectivity index (χ3v) is 2.23. The zero-order valence-corrected chi connectivity index (χ0v) is 9.34. The van der Waals surface area contributed by atoms with E-state index in [2.05, 4.69) is 15.4 Å². The van der Waals surface area contributed by atoms with E-state index in [1.165, 1.54) is 0 Å². The summed E-state index contributed by atoms with van der Waals surface area (Å²) in [5, 5.41) is 7.33. The van der Waals surface area contributed by atoms with E-state index in [0.717, 1.165) is 11.3 Å². The Kier molecular flexibility index (Phi) is 3.05. The molecule has 0 unspecified atom stereocenters. The molecule has 2 aromatic rings. The van der Waals surface area contributed by atoms with Crippen LogP contribution in [0, 0.1) is 0 Å². The van der Waals surface area contributed by atoms with Gasteiger partial charge in [-0.1, -0.05) is 6.07 Å². The smallest absolute Gasteiger partial charge is 0.218 e. The Labute approximate surface area is 94.1 Å². The highest BCUT2D eigenvalue weighted by atomic mass is 16.5. The molecule has 84 valence electrons. The normalized spacial score (nSPS) is 10.1. The molecule has 5 nitrogen and oxygen atoms in total. The Balaban J connectivity index is 2.04. The van der Waals surface area contributed by atoms with Crippen LogP contribution in [-0.2, 0) is 13.6 Å². The molecule has 2 rings (SSSR count). The third-order valence-electron chi connectivity index (χ3n) is 2.23. The second kappa shape index (κ2) is 4.65. The lowest BCUT2D eigenvalue weighted by atomic mass is 10.2. The number of nitrogens with one attached hydrogen (secondary N) is 1. The first kappa shape index (κ1) is 10.5. The molecule has 0 spiro atoms. The van der Waals surface area contributed by atoms with E-state index in [1.807, 2.05) is 25.4 Å². The van der Waals surface area contributed by atoms with Crippen LogP contribution in [0.2, 0.25) is 0 Å². The summed E-state index contributed by atoms with van der Waals surface area (Å²) in [7, 11) is 3.51. The maximum atomic E-state index is 5.17. The first-order chi connectivity index (χ1) is 7.79. The zero-order chi connectivity index (χ0) is 11.4. The average molecular weight is 218 g/mol. The highest BCUT2D eigenvalue weighted by molar-refractivity contribution is 5.40. The van der Waals surface area contributed by atoms with Crippen molar-refractivity contribution < 1.29 is 4.74 Å². The molecule has 5 heteroatoms. The molecular formula is C11H14N4O. The standard InChI is InChI=1S/C11H14N4O/c1-15-8-10(7-14-15)13-6-9-4-3-5-12-11(9)16-2/h3-5,7-8,13H,6H2,1-2H3. The number of hydrogen-bond acceptors (Lipinski definition) is 4. The van der Waals surface area contributed by atoms with Crippen LogP contribution in [0.4, 0.5) is 5.69 Å². The summed E-state index contributed by atoms with van der Waals surface area (Å²) in [5.41, 5.74) is 2.00. The van der Waals surface area contributed by atoms with Gasteiger partial charge in [0.25, 0.3) is 0 Å². The van der Waals surface area contributed by atoms with Gasteiger partial charge in [0, 0.05) is 31.5 Å². The molecule has 0 saturated carbocycles. The van der Waals surface area contributed by atoms with E-state index in [4.69, 9.17) is 4.74 Å². The maximum Gasteiger partial charge on any atom is 0.218 e. The number of nitrogens with zero attached hydrogens (tertiary/aromatic N) is 3. The third kappa shape index (κ3) is 2.31. The first-order valence-corrected chi connectivity index (χ1v) is 5.00. The van der Waals surface area contributed by atoms with E-state index in [0.29, 0.717) is 12.4 Å². The number of rotatable bonds is 4. The van der Waals surface area contributed by atoms with Crippen LogP contribution in [0.25, 0.3) is 0 Å². The number of hydrogen-bond donors (Lipinski definition) is 1. The predicted octanol–water partition coefficient (Wildman–Crippen LogP) is 1.44. The van der Waals surface area contributed by atoms with Gasteiger partial charge in [-0.05, 0) is 6.07 Å². The van der Waals surface area contributed by atoms with Crippen molar-refractivity contribution in [2.75, 3.05) is 12.4 Å². The molecular weight excluding hydrogens is 204 g/mol. The summed E-state index contributed by atoms with van der Waals surface area (Å²) in [6.07, 6.45) is 5.41. The zero-order valence-electron chi connectivity index (χ0n) is 9.34. The Morgan fingerprint density at radius 2 is 2.38 bits per heavy atom. The van der Waals surface area contributed by atoms with Crippen LogP contribution in [-0.4, -0.2) is 21.9 Å². The Morgan fingerprint density at radius 3 is 3.06 bits per heavy atom. The second-order valence-corrected chi connectivity index (χ2v) is 3.43. The Morgan fingerprint density at radius 1 is 1.50 bits per heavy atom. The van der Waals surface area contributed by atoms with Gasteiger partial charge in [-0.25, -0.2) is 4.98 Å². The quantitative estimate of drug-likeness (QED) is 0.843. The largest absolute Gasteiger partial charge is 0.481 e. The fraction of sp³-hybridized carbons (Fsp3) is 0.273. The van der Waals surface area contributed by atoms with Gasteiger partial charge >= 0.3 is 0 Å². The van der Waals surface area contributed by atoms with Gasteiger partial charge in [-0.2, -0.15) is 5.10 Å². The molecule has 2 heterocycles. The van der Waals surface area contributed by atoms with Crippen LogP contribution in [0.15, 0.2) is 30.7 Å². The molecule has 1 N–H and O–H groups in total. The number of methoxy groups -OCH3 is 1. The van der Waals surface area contributed by atoms with Gasteiger partial charge in [0.15, 0.2) is 0 Å². The monoisotopic (exact) mass is 218 g/mol. The van der Waals surface area contributed by atoms with Crippen molar-refractivity contribution in [3.05, 3.63) is 36.3 Å². The summed E-state index contributed by atoms with van der Waals surface area (Å²) >= 11 is 0. The van der Waals surface area contributed by atoms with E-state index in [-0.39, 0.29) is 0 Å². The number of pyridine rings is 1. The van der Waals surface area contributed by atoms with Crippen LogP contribution in [0.3, 0.4) is 0 Å². The molecule has 0 fully saturated rings. The number of aryl methyl sites for hydroxylation is 1. The summed E-state index contributed by atoms with van der Waals surface area (Å²) in [5.74, 6) is 0.652. The number of aromatic nitrogens is 3. The topological polar surface area (TPSA) is 52.0 Å². The molecule has 0 aliphatic heterocycles. The van der Waals surface area contributed by atoms with E-state index in [1.54, 1.807) is 24.2 Å². The fourth-order valence-electron chi connectivity index (χ4n) is 1.45. The molecule has 0 atom stereocenters. The van der Waals surface area contributed by atoms with Crippen molar-refractivity contribution in [3.63, 3.8) is 0 Å². The molecule has 0 aromatic carbocycles. The van der Waals surface area contributed by atoms with Gasteiger partial charge in [0.05, 0.1) is 19.0 Å². The van der Waals surface area contributed by atoms with Crippen LogP contribution in [0.5, 0.6) is 5.88 Å². The van der Waals surface area contributed by atoms with E-state index in [9.17, 15) is 0 Å².